The second-order valence-corrected chi connectivity index (χ2v) is 7.55. The Morgan fingerprint density at radius 3 is 2.26 bits per heavy atom. The van der Waals surface area contributed by atoms with E-state index in [0.717, 1.165) is 12.1 Å². The molecule has 0 saturated carbocycles. The summed E-state index contributed by atoms with van der Waals surface area (Å²) in [6.45, 7) is 0.949. The van der Waals surface area contributed by atoms with E-state index in [4.69, 9.17) is 9.47 Å². The van der Waals surface area contributed by atoms with Crippen LogP contribution in [0.2, 0.25) is 0 Å². The third kappa shape index (κ3) is 3.34. The van der Waals surface area contributed by atoms with Crippen molar-refractivity contribution in [3.8, 4) is 17.2 Å². The van der Waals surface area contributed by atoms with Gasteiger partial charge in [-0.2, -0.15) is 0 Å². The summed E-state index contributed by atoms with van der Waals surface area (Å²) >= 11 is 0. The van der Waals surface area contributed by atoms with E-state index in [1.807, 2.05) is 0 Å². The number of benzene rings is 2. The molecule has 2 aromatic carbocycles. The Bertz CT molecular complexity index is 1080. The predicted octanol–water partition coefficient (Wildman–Crippen LogP) is -0.640. The van der Waals surface area contributed by atoms with Gasteiger partial charge in [0.25, 0.3) is 0 Å². The summed E-state index contributed by atoms with van der Waals surface area (Å²) in [6.07, 6.45) is -8.02. The van der Waals surface area contributed by atoms with Crippen molar-refractivity contribution < 1.29 is 49.7 Å². The van der Waals surface area contributed by atoms with Gasteiger partial charge in [-0.1, -0.05) is 0 Å². The average molecular weight is 432 g/mol. The number of hydrogen-bond acceptors (Lipinski definition) is 10. The lowest BCUT2D eigenvalue weighted by atomic mass is 9.82. The van der Waals surface area contributed by atoms with Gasteiger partial charge in [0, 0.05) is 17.2 Å². The molecule has 164 valence electrons. The molecule has 2 aliphatic rings. The zero-order chi connectivity index (χ0) is 22.6. The number of ether oxygens (including phenoxy) is 2. The Hall–Kier alpha value is -3.02. The van der Waals surface area contributed by atoms with E-state index in [2.05, 4.69) is 0 Å². The Kier molecular flexibility index (Phi) is 5.20. The van der Waals surface area contributed by atoms with E-state index in [1.54, 1.807) is 6.92 Å². The number of carbonyl (C=O) groups is 2. The van der Waals surface area contributed by atoms with Crippen LogP contribution in [0, 0.1) is 6.92 Å². The van der Waals surface area contributed by atoms with Crippen LogP contribution in [-0.2, 0) is 4.74 Å². The van der Waals surface area contributed by atoms with E-state index in [1.165, 1.54) is 12.1 Å². The van der Waals surface area contributed by atoms with Gasteiger partial charge in [0.15, 0.2) is 5.78 Å². The summed E-state index contributed by atoms with van der Waals surface area (Å²) in [6, 6.07) is 4.87. The van der Waals surface area contributed by atoms with Crippen LogP contribution in [0.4, 0.5) is 0 Å². The number of aryl methyl sites for hydroxylation is 1. The van der Waals surface area contributed by atoms with E-state index >= 15 is 0 Å². The van der Waals surface area contributed by atoms with Gasteiger partial charge in [0.1, 0.15) is 41.7 Å². The van der Waals surface area contributed by atoms with Gasteiger partial charge in [-0.05, 0) is 30.7 Å². The van der Waals surface area contributed by atoms with Crippen molar-refractivity contribution in [2.24, 2.45) is 0 Å². The van der Waals surface area contributed by atoms with Crippen LogP contribution in [0.5, 0.6) is 17.2 Å². The van der Waals surface area contributed by atoms with Crippen molar-refractivity contribution >= 4 is 11.6 Å². The molecule has 1 aliphatic heterocycles. The molecule has 1 heterocycles. The standard InChI is InChI=1S/C21H20O10/c1-7-2-9-14(11(24)3-7)18(27)15-10(16(9)25)4-8(23)5-12(15)30-21-20(29)19(28)17(26)13(6-22)31-21/h2-5,13,17,19-24,26,28-29H,6H2,1H3/t13-,17-,19+,20-,21+/m1/s1. The SMILES string of the molecule is Cc1cc(O)c2c(c1)C(=O)c1cc(O)cc(O[C@H]3O[C@H](CO)[C@@H](O)[C@H](O)[C@H]3O)c1C2=O. The molecule has 10 heteroatoms. The molecule has 0 spiro atoms. The largest absolute Gasteiger partial charge is 0.508 e. The van der Waals surface area contributed by atoms with Crippen LogP contribution < -0.4 is 4.74 Å². The van der Waals surface area contributed by atoms with Crippen LogP contribution in [-0.4, -0.2) is 79.5 Å². The van der Waals surface area contributed by atoms with Gasteiger partial charge in [0.05, 0.1) is 17.7 Å². The van der Waals surface area contributed by atoms with Crippen molar-refractivity contribution in [2.75, 3.05) is 6.61 Å². The number of rotatable bonds is 3. The normalized spacial score (nSPS) is 27.6. The number of carbonyl (C=O) groups excluding carboxylic acids is 2. The molecular weight excluding hydrogens is 412 g/mol. The zero-order valence-corrected chi connectivity index (χ0v) is 16.2. The van der Waals surface area contributed by atoms with Crippen molar-refractivity contribution in [3.05, 3.63) is 52.1 Å². The van der Waals surface area contributed by atoms with Gasteiger partial charge in [0.2, 0.25) is 12.1 Å². The molecule has 4 rings (SSSR count). The van der Waals surface area contributed by atoms with E-state index in [9.17, 15) is 40.2 Å². The highest BCUT2D eigenvalue weighted by molar-refractivity contribution is 6.30. The molecule has 31 heavy (non-hydrogen) atoms. The summed E-state index contributed by atoms with van der Waals surface area (Å²) in [5.41, 5.74) is -0.154. The Morgan fingerprint density at radius 1 is 0.903 bits per heavy atom. The molecule has 1 aliphatic carbocycles. The molecule has 1 fully saturated rings. The monoisotopic (exact) mass is 432 g/mol. The fourth-order valence-corrected chi connectivity index (χ4v) is 3.85. The number of fused-ring (bicyclic) bond motifs is 2. The predicted molar refractivity (Wildman–Crippen MR) is 102 cm³/mol. The second-order valence-electron chi connectivity index (χ2n) is 7.55. The number of ketones is 2. The molecule has 0 unspecified atom stereocenters. The molecule has 2 aromatic rings. The lowest BCUT2D eigenvalue weighted by Gasteiger charge is -2.39. The van der Waals surface area contributed by atoms with Gasteiger partial charge in [-0.15, -0.1) is 0 Å². The molecular formula is C21H20O10. The lowest BCUT2D eigenvalue weighted by molar-refractivity contribution is -0.277. The third-order valence-corrected chi connectivity index (χ3v) is 5.38. The first-order valence-electron chi connectivity index (χ1n) is 9.41. The lowest BCUT2D eigenvalue weighted by Crippen LogP contribution is -2.60. The Labute approximate surface area is 175 Å². The maximum atomic E-state index is 13.2. The number of aliphatic hydroxyl groups is 4. The van der Waals surface area contributed by atoms with E-state index in [0.29, 0.717) is 5.56 Å². The first-order valence-corrected chi connectivity index (χ1v) is 9.41. The average Bonchev–Trinajstić information content (AvgIpc) is 2.71. The minimum atomic E-state index is -1.77. The van der Waals surface area contributed by atoms with Gasteiger partial charge in [-0.3, -0.25) is 9.59 Å². The smallest absolute Gasteiger partial charge is 0.229 e. The third-order valence-electron chi connectivity index (χ3n) is 5.38. The number of aromatic hydroxyl groups is 2. The van der Waals surface area contributed by atoms with Crippen LogP contribution in [0.25, 0.3) is 0 Å². The highest BCUT2D eigenvalue weighted by Crippen LogP contribution is 2.40. The summed E-state index contributed by atoms with van der Waals surface area (Å²) in [4.78, 5) is 26.2. The van der Waals surface area contributed by atoms with Crippen LogP contribution >= 0.6 is 0 Å². The van der Waals surface area contributed by atoms with Gasteiger partial charge < -0.3 is 40.1 Å². The number of aliphatic hydroxyl groups excluding tert-OH is 4. The first-order chi connectivity index (χ1) is 14.6. The van der Waals surface area contributed by atoms with E-state index in [-0.39, 0.29) is 28.0 Å². The number of phenolic OH excluding ortho intramolecular Hbond substituents is 2. The molecule has 6 N–H and O–H groups in total. The fraction of sp³-hybridized carbons (Fsp3) is 0.333. The maximum Gasteiger partial charge on any atom is 0.229 e. The summed E-state index contributed by atoms with van der Waals surface area (Å²) in [7, 11) is 0. The van der Waals surface area contributed by atoms with Crippen LogP contribution in [0.15, 0.2) is 24.3 Å². The van der Waals surface area contributed by atoms with E-state index < -0.39 is 60.4 Å². The van der Waals surface area contributed by atoms with Crippen molar-refractivity contribution in [3.63, 3.8) is 0 Å². The maximum absolute atomic E-state index is 13.2. The Balaban J connectivity index is 1.79. The zero-order valence-electron chi connectivity index (χ0n) is 16.2. The van der Waals surface area contributed by atoms with Gasteiger partial charge in [-0.25, -0.2) is 0 Å². The highest BCUT2D eigenvalue weighted by Gasteiger charge is 2.45. The molecule has 1 saturated heterocycles. The minimum absolute atomic E-state index is 0.0283. The molecule has 10 nitrogen and oxygen atoms in total. The quantitative estimate of drug-likeness (QED) is 0.312. The molecule has 5 atom stereocenters. The summed E-state index contributed by atoms with van der Waals surface area (Å²) in [5, 5.41) is 59.8. The summed E-state index contributed by atoms with van der Waals surface area (Å²) in [5.74, 6) is -2.53. The fourth-order valence-electron chi connectivity index (χ4n) is 3.85. The number of phenols is 2. The topological polar surface area (TPSA) is 174 Å². The second kappa shape index (κ2) is 7.59. The van der Waals surface area contributed by atoms with Crippen molar-refractivity contribution in [1.82, 2.24) is 0 Å². The van der Waals surface area contributed by atoms with Crippen molar-refractivity contribution in [1.29, 1.82) is 0 Å². The number of hydrogen-bond donors (Lipinski definition) is 6. The molecule has 0 bridgehead atoms. The molecule has 0 aromatic heterocycles. The van der Waals surface area contributed by atoms with Gasteiger partial charge >= 0.3 is 0 Å². The first kappa shape index (κ1) is 21.2. The molecule has 0 amide bonds. The Morgan fingerprint density at radius 2 is 1.58 bits per heavy atom. The van der Waals surface area contributed by atoms with Crippen LogP contribution in [0.3, 0.4) is 0 Å². The van der Waals surface area contributed by atoms with Crippen molar-refractivity contribution in [2.45, 2.75) is 37.6 Å². The highest BCUT2D eigenvalue weighted by atomic mass is 16.7. The minimum Gasteiger partial charge on any atom is -0.508 e. The van der Waals surface area contributed by atoms with Crippen LogP contribution in [0.1, 0.15) is 37.4 Å². The molecule has 0 radical (unpaired) electrons. The summed E-state index contributed by atoms with van der Waals surface area (Å²) < 4.78 is 10.8.